The topological polar surface area (TPSA) is 74.6 Å². The highest BCUT2D eigenvalue weighted by Gasteiger charge is 2.30. The first kappa shape index (κ1) is 9.77. The maximum atomic E-state index is 10.7. The summed E-state index contributed by atoms with van der Waals surface area (Å²) in [5.74, 6) is -2.99. The Kier molecular flexibility index (Phi) is 2.70. The van der Waals surface area contributed by atoms with Crippen LogP contribution in [0, 0.1) is 11.8 Å². The Hall–Kier alpha value is -1.32. The van der Waals surface area contributed by atoms with Crippen molar-refractivity contribution in [1.82, 2.24) is 0 Å². The fourth-order valence-corrected chi connectivity index (χ4v) is 1.53. The van der Waals surface area contributed by atoms with Gasteiger partial charge >= 0.3 is 11.9 Å². The summed E-state index contributed by atoms with van der Waals surface area (Å²) >= 11 is 0. The zero-order valence-corrected chi connectivity index (χ0v) is 7.36. The zero-order valence-electron chi connectivity index (χ0n) is 7.36. The first-order chi connectivity index (χ1) is 6.02. The lowest BCUT2D eigenvalue weighted by atomic mass is 9.82. The minimum atomic E-state index is -0.931. The second kappa shape index (κ2) is 3.60. The third kappa shape index (κ3) is 2.08. The van der Waals surface area contributed by atoms with Crippen LogP contribution in [0.3, 0.4) is 0 Å². The summed E-state index contributed by atoms with van der Waals surface area (Å²) in [6.45, 7) is 1.73. The Balaban J connectivity index is 2.77. The van der Waals surface area contributed by atoms with Gasteiger partial charge in [0.15, 0.2) is 0 Å². The van der Waals surface area contributed by atoms with Crippen LogP contribution in [0.5, 0.6) is 0 Å². The fraction of sp³-hybridized carbons (Fsp3) is 0.556. The summed E-state index contributed by atoms with van der Waals surface area (Å²) in [7, 11) is 0. The average Bonchev–Trinajstić information content (AvgIpc) is 2.04. The summed E-state index contributed by atoms with van der Waals surface area (Å²) in [5, 5.41) is 17.5. The van der Waals surface area contributed by atoms with E-state index in [-0.39, 0.29) is 6.42 Å². The summed E-state index contributed by atoms with van der Waals surface area (Å²) in [6, 6.07) is 0. The van der Waals surface area contributed by atoms with Crippen LogP contribution in [0.25, 0.3) is 0 Å². The highest BCUT2D eigenvalue weighted by atomic mass is 16.4. The molecule has 1 rings (SSSR count). The minimum Gasteiger partial charge on any atom is -0.481 e. The van der Waals surface area contributed by atoms with E-state index in [4.69, 9.17) is 10.2 Å². The molecule has 0 heterocycles. The Morgan fingerprint density at radius 1 is 1.38 bits per heavy atom. The van der Waals surface area contributed by atoms with Gasteiger partial charge in [0.2, 0.25) is 0 Å². The van der Waals surface area contributed by atoms with Gasteiger partial charge in [0.05, 0.1) is 11.8 Å². The van der Waals surface area contributed by atoms with Gasteiger partial charge < -0.3 is 10.2 Å². The van der Waals surface area contributed by atoms with Crippen LogP contribution in [0.1, 0.15) is 19.8 Å². The van der Waals surface area contributed by atoms with Crippen molar-refractivity contribution in [3.05, 3.63) is 11.6 Å². The smallest absolute Gasteiger partial charge is 0.310 e. The first-order valence-electron chi connectivity index (χ1n) is 4.14. The summed E-state index contributed by atoms with van der Waals surface area (Å²) in [4.78, 5) is 21.3. The van der Waals surface area contributed by atoms with Crippen molar-refractivity contribution in [2.45, 2.75) is 19.8 Å². The van der Waals surface area contributed by atoms with E-state index >= 15 is 0 Å². The largest absolute Gasteiger partial charge is 0.481 e. The molecule has 0 amide bonds. The number of carboxylic acids is 2. The molecule has 0 aromatic carbocycles. The van der Waals surface area contributed by atoms with Gasteiger partial charge in [0, 0.05) is 0 Å². The highest BCUT2D eigenvalue weighted by molar-refractivity contribution is 5.77. The van der Waals surface area contributed by atoms with Gasteiger partial charge in [-0.25, -0.2) is 0 Å². The molecular formula is C9H12O4. The molecule has 0 aromatic heterocycles. The second-order valence-electron chi connectivity index (χ2n) is 3.35. The lowest BCUT2D eigenvalue weighted by Gasteiger charge is -2.22. The van der Waals surface area contributed by atoms with Crippen LogP contribution >= 0.6 is 0 Å². The van der Waals surface area contributed by atoms with Crippen LogP contribution in [-0.4, -0.2) is 22.2 Å². The molecular weight excluding hydrogens is 172 g/mol. The average molecular weight is 184 g/mol. The number of carbonyl (C=O) groups is 2. The molecule has 0 aromatic rings. The van der Waals surface area contributed by atoms with Gasteiger partial charge in [0.1, 0.15) is 0 Å². The third-order valence-electron chi connectivity index (χ3n) is 2.44. The van der Waals surface area contributed by atoms with Gasteiger partial charge in [-0.15, -0.1) is 0 Å². The molecule has 1 aliphatic rings. The standard InChI is InChI=1S/C9H12O4/c1-5-2-3-6(8(10)11)4-7(5)9(12)13/h2,6-7H,3-4H2,1H3,(H,10,11)(H,12,13). The van der Waals surface area contributed by atoms with E-state index in [1.165, 1.54) is 0 Å². The van der Waals surface area contributed by atoms with Crippen molar-refractivity contribution in [3.63, 3.8) is 0 Å². The van der Waals surface area contributed by atoms with Crippen molar-refractivity contribution in [2.24, 2.45) is 11.8 Å². The Labute approximate surface area is 75.9 Å². The van der Waals surface area contributed by atoms with E-state index in [0.717, 1.165) is 5.57 Å². The predicted molar refractivity (Wildman–Crippen MR) is 45.2 cm³/mol. The van der Waals surface area contributed by atoms with Gasteiger partial charge in [-0.1, -0.05) is 11.6 Å². The normalized spacial score (nSPS) is 27.9. The van der Waals surface area contributed by atoms with Crippen molar-refractivity contribution >= 4 is 11.9 Å². The Bertz CT molecular complexity index is 267. The maximum absolute atomic E-state index is 10.7. The van der Waals surface area contributed by atoms with Crippen molar-refractivity contribution in [3.8, 4) is 0 Å². The SMILES string of the molecule is CC1=CCC(C(=O)O)CC1C(=O)O. The van der Waals surface area contributed by atoms with Crippen LogP contribution in [0.2, 0.25) is 0 Å². The number of rotatable bonds is 2. The summed E-state index contributed by atoms with van der Waals surface area (Å²) in [5.41, 5.74) is 0.769. The predicted octanol–water partition coefficient (Wildman–Crippen LogP) is 1.13. The molecule has 0 aliphatic heterocycles. The number of hydrogen-bond acceptors (Lipinski definition) is 2. The zero-order chi connectivity index (χ0) is 10.0. The molecule has 0 saturated heterocycles. The van der Waals surface area contributed by atoms with E-state index in [9.17, 15) is 9.59 Å². The molecule has 0 saturated carbocycles. The molecule has 2 atom stereocenters. The fourth-order valence-electron chi connectivity index (χ4n) is 1.53. The second-order valence-corrected chi connectivity index (χ2v) is 3.35. The van der Waals surface area contributed by atoms with E-state index in [1.807, 2.05) is 0 Å². The van der Waals surface area contributed by atoms with Gasteiger partial charge in [0.25, 0.3) is 0 Å². The van der Waals surface area contributed by atoms with Crippen molar-refractivity contribution in [1.29, 1.82) is 0 Å². The molecule has 4 heteroatoms. The number of allylic oxidation sites excluding steroid dienone is 1. The first-order valence-corrected chi connectivity index (χ1v) is 4.14. The third-order valence-corrected chi connectivity index (χ3v) is 2.44. The number of hydrogen-bond donors (Lipinski definition) is 2. The van der Waals surface area contributed by atoms with Crippen molar-refractivity contribution in [2.75, 3.05) is 0 Å². The Morgan fingerprint density at radius 2 is 2.00 bits per heavy atom. The molecule has 0 spiro atoms. The van der Waals surface area contributed by atoms with Crippen LogP contribution in [0.15, 0.2) is 11.6 Å². The monoisotopic (exact) mass is 184 g/mol. The van der Waals surface area contributed by atoms with E-state index < -0.39 is 23.8 Å². The molecule has 0 bridgehead atoms. The molecule has 2 N–H and O–H groups in total. The van der Waals surface area contributed by atoms with E-state index in [1.54, 1.807) is 13.0 Å². The molecule has 13 heavy (non-hydrogen) atoms. The maximum Gasteiger partial charge on any atom is 0.310 e. The lowest BCUT2D eigenvalue weighted by molar-refractivity contribution is -0.145. The van der Waals surface area contributed by atoms with Crippen LogP contribution in [-0.2, 0) is 9.59 Å². The number of carboxylic acid groups (broad SMARTS) is 2. The molecule has 2 unspecified atom stereocenters. The quantitative estimate of drug-likeness (QED) is 0.631. The van der Waals surface area contributed by atoms with Gasteiger partial charge in [-0.2, -0.15) is 0 Å². The van der Waals surface area contributed by atoms with Crippen LogP contribution in [0.4, 0.5) is 0 Å². The molecule has 72 valence electrons. The molecule has 4 nitrogen and oxygen atoms in total. The van der Waals surface area contributed by atoms with Gasteiger partial charge in [-0.05, 0) is 19.8 Å². The highest BCUT2D eigenvalue weighted by Crippen LogP contribution is 2.29. The van der Waals surface area contributed by atoms with E-state index in [2.05, 4.69) is 0 Å². The molecule has 0 radical (unpaired) electrons. The van der Waals surface area contributed by atoms with Gasteiger partial charge in [-0.3, -0.25) is 9.59 Å². The summed E-state index contributed by atoms with van der Waals surface area (Å²) < 4.78 is 0. The molecule has 0 fully saturated rings. The van der Waals surface area contributed by atoms with Crippen LogP contribution < -0.4 is 0 Å². The number of aliphatic carboxylic acids is 2. The Morgan fingerprint density at radius 3 is 2.46 bits per heavy atom. The van der Waals surface area contributed by atoms with E-state index in [0.29, 0.717) is 6.42 Å². The van der Waals surface area contributed by atoms with Crippen molar-refractivity contribution < 1.29 is 19.8 Å². The summed E-state index contributed by atoms with van der Waals surface area (Å²) in [6.07, 6.45) is 2.37. The minimum absolute atomic E-state index is 0.215. The lowest BCUT2D eigenvalue weighted by Crippen LogP contribution is -2.26. The molecule has 1 aliphatic carbocycles.